The van der Waals surface area contributed by atoms with Crippen LogP contribution in [0.2, 0.25) is 0 Å². The van der Waals surface area contributed by atoms with E-state index in [2.05, 4.69) is 15.0 Å². The van der Waals surface area contributed by atoms with Crippen LogP contribution in [0.3, 0.4) is 0 Å². The molecule has 27 heavy (non-hydrogen) atoms. The minimum Gasteiger partial charge on any atom is -0.435 e. The third-order valence-electron chi connectivity index (χ3n) is 5.09. The van der Waals surface area contributed by atoms with Crippen molar-refractivity contribution in [2.24, 2.45) is 5.92 Å². The summed E-state index contributed by atoms with van der Waals surface area (Å²) in [6, 6.07) is 8.80. The number of rotatable bonds is 4. The second-order valence-electron chi connectivity index (χ2n) is 6.72. The molecule has 6 nitrogen and oxygen atoms in total. The van der Waals surface area contributed by atoms with Gasteiger partial charge in [0.2, 0.25) is 10.0 Å². The van der Waals surface area contributed by atoms with E-state index in [1.807, 2.05) is 12.1 Å². The van der Waals surface area contributed by atoms with Crippen molar-refractivity contribution < 1.29 is 21.9 Å². The third kappa shape index (κ3) is 3.54. The maximum absolute atomic E-state index is 13.2. The van der Waals surface area contributed by atoms with Gasteiger partial charge in [0.25, 0.3) is 0 Å². The summed E-state index contributed by atoms with van der Waals surface area (Å²) in [4.78, 5) is 4.56. The van der Waals surface area contributed by atoms with Gasteiger partial charge in [-0.1, -0.05) is 6.07 Å². The molecule has 144 valence electrons. The Morgan fingerprint density at radius 2 is 1.96 bits per heavy atom. The molecule has 1 fully saturated rings. The van der Waals surface area contributed by atoms with Gasteiger partial charge in [0.05, 0.1) is 4.90 Å². The maximum atomic E-state index is 13.2. The van der Waals surface area contributed by atoms with Crippen molar-refractivity contribution in [3.05, 3.63) is 53.9 Å². The first-order valence-corrected chi connectivity index (χ1v) is 10.1. The number of halogens is 2. The number of benzene rings is 1. The van der Waals surface area contributed by atoms with Gasteiger partial charge in [0.15, 0.2) is 0 Å². The van der Waals surface area contributed by atoms with Gasteiger partial charge in [-0.3, -0.25) is 4.98 Å². The molecule has 1 aromatic carbocycles. The molecule has 1 aromatic heterocycles. The number of alkyl halides is 2. The molecule has 2 aliphatic rings. The number of hydrogen-bond acceptors (Lipinski definition) is 5. The van der Waals surface area contributed by atoms with E-state index in [-0.39, 0.29) is 29.0 Å². The van der Waals surface area contributed by atoms with Gasteiger partial charge in [-0.25, -0.2) is 8.42 Å². The average molecular weight is 395 g/mol. The van der Waals surface area contributed by atoms with Crippen LogP contribution < -0.4 is 10.1 Å². The van der Waals surface area contributed by atoms with Gasteiger partial charge in [0, 0.05) is 37.4 Å². The summed E-state index contributed by atoms with van der Waals surface area (Å²) < 4.78 is 56.7. The first-order valence-electron chi connectivity index (χ1n) is 8.64. The summed E-state index contributed by atoms with van der Waals surface area (Å²) in [7, 11) is -3.78. The molecule has 4 rings (SSSR count). The minimum absolute atomic E-state index is 0.0546. The van der Waals surface area contributed by atoms with Crippen molar-refractivity contribution in [3.8, 4) is 5.75 Å². The number of pyridine rings is 1. The molecule has 2 atom stereocenters. The highest BCUT2D eigenvalue weighted by molar-refractivity contribution is 7.89. The largest absolute Gasteiger partial charge is 0.435 e. The highest BCUT2D eigenvalue weighted by atomic mass is 32.2. The Kier molecular flexibility index (Phi) is 4.83. The van der Waals surface area contributed by atoms with Crippen LogP contribution in [-0.2, 0) is 16.6 Å². The second-order valence-corrected chi connectivity index (χ2v) is 8.66. The topological polar surface area (TPSA) is 71.5 Å². The van der Waals surface area contributed by atoms with Crippen LogP contribution in [0.25, 0.3) is 0 Å². The van der Waals surface area contributed by atoms with Crippen molar-refractivity contribution in [1.29, 1.82) is 0 Å². The smallest absolute Gasteiger partial charge is 0.387 e. The van der Waals surface area contributed by atoms with E-state index in [4.69, 9.17) is 0 Å². The van der Waals surface area contributed by atoms with E-state index < -0.39 is 16.6 Å². The van der Waals surface area contributed by atoms with Crippen molar-refractivity contribution in [1.82, 2.24) is 14.6 Å². The lowest BCUT2D eigenvalue weighted by Gasteiger charge is -2.23. The molecule has 0 bridgehead atoms. The Balaban J connectivity index is 1.65. The van der Waals surface area contributed by atoms with Crippen LogP contribution in [0.15, 0.2) is 47.5 Å². The zero-order chi connectivity index (χ0) is 19.0. The van der Waals surface area contributed by atoms with Crippen LogP contribution >= 0.6 is 0 Å². The molecule has 0 saturated carbocycles. The van der Waals surface area contributed by atoms with E-state index in [1.54, 1.807) is 6.20 Å². The molecule has 3 heterocycles. The van der Waals surface area contributed by atoms with Crippen LogP contribution in [0, 0.1) is 5.92 Å². The zero-order valence-electron chi connectivity index (χ0n) is 14.4. The molecule has 1 saturated heterocycles. The Morgan fingerprint density at radius 1 is 1.19 bits per heavy atom. The summed E-state index contributed by atoms with van der Waals surface area (Å²) in [5.41, 5.74) is 1.85. The third-order valence-corrected chi connectivity index (χ3v) is 6.91. The fourth-order valence-electron chi connectivity index (χ4n) is 3.80. The first-order chi connectivity index (χ1) is 12.9. The molecule has 0 radical (unpaired) electrons. The summed E-state index contributed by atoms with van der Waals surface area (Å²) in [5.74, 6) is 0.245. The molecule has 0 amide bonds. The van der Waals surface area contributed by atoms with Crippen molar-refractivity contribution >= 4 is 10.0 Å². The standard InChI is InChI=1S/C18H19F2N3O3S/c19-18(20)26-14-3-5-15(6-4-14)27(24,25)23-10-12-2-1-7-22-17(12)16-9-21-8-13(16)11-23/h1-7,13,16,18,21H,8-11H2/t13-,16+/m0/s1. The van der Waals surface area contributed by atoms with E-state index in [0.29, 0.717) is 6.54 Å². The number of aromatic nitrogens is 1. The number of sulfonamides is 1. The number of fused-ring (bicyclic) bond motifs is 3. The monoisotopic (exact) mass is 395 g/mol. The Bertz CT molecular complexity index is 922. The molecule has 1 N–H and O–H groups in total. The highest BCUT2D eigenvalue weighted by Gasteiger charge is 2.39. The molecule has 9 heteroatoms. The average Bonchev–Trinajstić information content (AvgIpc) is 3.03. The van der Waals surface area contributed by atoms with Gasteiger partial charge < -0.3 is 10.1 Å². The Morgan fingerprint density at radius 3 is 2.70 bits per heavy atom. The normalized spacial score (nSPS) is 22.9. The van der Waals surface area contributed by atoms with Crippen LogP contribution in [-0.4, -0.2) is 44.0 Å². The number of nitrogens with one attached hydrogen (secondary N) is 1. The quantitative estimate of drug-likeness (QED) is 0.859. The lowest BCUT2D eigenvalue weighted by molar-refractivity contribution is -0.0498. The van der Waals surface area contributed by atoms with Crippen LogP contribution in [0.5, 0.6) is 5.75 Å². The van der Waals surface area contributed by atoms with Crippen molar-refractivity contribution in [2.45, 2.75) is 24.0 Å². The SMILES string of the molecule is O=S(=O)(c1ccc(OC(F)F)cc1)N1Cc2cccnc2[C@@H]2CNC[C@H]2C1. The van der Waals surface area contributed by atoms with Crippen LogP contribution in [0.4, 0.5) is 8.78 Å². The summed E-state index contributed by atoms with van der Waals surface area (Å²) in [5, 5.41) is 3.32. The highest BCUT2D eigenvalue weighted by Crippen LogP contribution is 2.35. The van der Waals surface area contributed by atoms with E-state index in [0.717, 1.165) is 24.3 Å². The molecular formula is C18H19F2N3O3S. The molecule has 0 aliphatic carbocycles. The van der Waals surface area contributed by atoms with Gasteiger partial charge in [-0.15, -0.1) is 0 Å². The molecule has 2 aliphatic heterocycles. The lowest BCUT2D eigenvalue weighted by Crippen LogP contribution is -2.35. The van der Waals surface area contributed by atoms with Crippen molar-refractivity contribution in [3.63, 3.8) is 0 Å². The molecule has 0 spiro atoms. The van der Waals surface area contributed by atoms with Gasteiger partial charge in [0.1, 0.15) is 5.75 Å². The lowest BCUT2D eigenvalue weighted by atomic mass is 9.91. The van der Waals surface area contributed by atoms with Crippen LogP contribution in [0.1, 0.15) is 17.2 Å². The van der Waals surface area contributed by atoms with E-state index in [1.165, 1.54) is 28.6 Å². The first kappa shape index (κ1) is 18.3. The van der Waals surface area contributed by atoms with E-state index in [9.17, 15) is 17.2 Å². The Hall–Kier alpha value is -2.10. The molecule has 0 unspecified atom stereocenters. The zero-order valence-corrected chi connectivity index (χ0v) is 15.2. The summed E-state index contributed by atoms with van der Waals surface area (Å²) in [6.07, 6.45) is 1.74. The van der Waals surface area contributed by atoms with E-state index >= 15 is 0 Å². The Labute approximate surface area is 156 Å². The summed E-state index contributed by atoms with van der Waals surface area (Å²) in [6.45, 7) is -0.816. The fourth-order valence-corrected chi connectivity index (χ4v) is 5.28. The van der Waals surface area contributed by atoms with Gasteiger partial charge in [-0.05, 0) is 48.4 Å². The van der Waals surface area contributed by atoms with Gasteiger partial charge in [-0.2, -0.15) is 13.1 Å². The fraction of sp³-hybridized carbons (Fsp3) is 0.389. The number of nitrogens with zero attached hydrogens (tertiary/aromatic N) is 2. The molecular weight excluding hydrogens is 376 g/mol. The predicted molar refractivity (Wildman–Crippen MR) is 94.0 cm³/mol. The summed E-state index contributed by atoms with van der Waals surface area (Å²) >= 11 is 0. The number of hydrogen-bond donors (Lipinski definition) is 1. The van der Waals surface area contributed by atoms with Gasteiger partial charge >= 0.3 is 6.61 Å². The minimum atomic E-state index is -3.78. The number of ether oxygens (including phenoxy) is 1. The second kappa shape index (κ2) is 7.14. The predicted octanol–water partition coefficient (Wildman–Crippen LogP) is 2.19. The maximum Gasteiger partial charge on any atom is 0.387 e. The molecule has 2 aromatic rings. The van der Waals surface area contributed by atoms with Crippen molar-refractivity contribution in [2.75, 3.05) is 19.6 Å².